The van der Waals surface area contributed by atoms with Gasteiger partial charge in [-0.3, -0.25) is 10.1 Å². The smallest absolute Gasteiger partial charge is 0.418 e. The van der Waals surface area contributed by atoms with Crippen LogP contribution in [0.2, 0.25) is 0 Å². The van der Waals surface area contributed by atoms with E-state index in [0.717, 1.165) is 42.1 Å². The van der Waals surface area contributed by atoms with E-state index in [0.29, 0.717) is 29.4 Å². The standard InChI is InChI=1S/C34H37F3N4O4/c1-22-7-8-25(23(2)19-22)21-41-30(20-29(34(35,36)37)31(38)32(41)42)24-9-13-27(14-10-24)45-28-15-11-26(12-16-28)39-33(43)44-18-6-5-17-40(3)4/h7-16,19-20H,5-6,17-18,21,38H2,1-4H3,(H,39,43). The molecule has 0 spiro atoms. The highest BCUT2D eigenvalue weighted by atomic mass is 19.4. The van der Waals surface area contributed by atoms with Crippen LogP contribution in [0.3, 0.4) is 0 Å². The molecule has 0 aliphatic carbocycles. The molecule has 0 aliphatic rings. The maximum atomic E-state index is 13.8. The fraction of sp³-hybridized carbons (Fsp3) is 0.294. The number of aryl methyl sites for hydroxylation is 2. The molecule has 4 aromatic rings. The minimum atomic E-state index is -4.80. The number of pyridine rings is 1. The third kappa shape index (κ3) is 8.89. The number of carbonyl (C=O) groups excluding carboxylic acids is 1. The zero-order chi connectivity index (χ0) is 32.7. The van der Waals surface area contributed by atoms with Crippen LogP contribution >= 0.6 is 0 Å². The number of hydrogen-bond donors (Lipinski definition) is 2. The van der Waals surface area contributed by atoms with Crippen molar-refractivity contribution in [2.24, 2.45) is 0 Å². The van der Waals surface area contributed by atoms with Crippen LogP contribution in [0.15, 0.2) is 77.6 Å². The third-order valence-corrected chi connectivity index (χ3v) is 7.19. The van der Waals surface area contributed by atoms with Crippen LogP contribution < -0.4 is 21.3 Å². The highest BCUT2D eigenvalue weighted by Crippen LogP contribution is 2.35. The predicted molar refractivity (Wildman–Crippen MR) is 170 cm³/mol. The Labute approximate surface area is 260 Å². The van der Waals surface area contributed by atoms with Crippen molar-refractivity contribution in [1.82, 2.24) is 9.47 Å². The molecule has 8 nitrogen and oxygen atoms in total. The second kappa shape index (κ2) is 14.3. The number of unbranched alkanes of at least 4 members (excludes halogenated alkanes) is 1. The Kier molecular flexibility index (Phi) is 10.6. The van der Waals surface area contributed by atoms with Gasteiger partial charge in [0, 0.05) is 5.69 Å². The average molecular weight is 623 g/mol. The number of alkyl halides is 3. The van der Waals surface area contributed by atoms with Gasteiger partial charge in [-0.2, -0.15) is 13.2 Å². The number of carbonyl (C=O) groups is 1. The van der Waals surface area contributed by atoms with Crippen LogP contribution in [0.25, 0.3) is 11.3 Å². The van der Waals surface area contributed by atoms with E-state index in [1.165, 1.54) is 4.57 Å². The Hall–Kier alpha value is -4.77. The van der Waals surface area contributed by atoms with Crippen molar-refractivity contribution in [1.29, 1.82) is 0 Å². The van der Waals surface area contributed by atoms with Gasteiger partial charge in [-0.15, -0.1) is 0 Å². The van der Waals surface area contributed by atoms with E-state index in [-0.39, 0.29) is 12.2 Å². The molecule has 11 heteroatoms. The van der Waals surface area contributed by atoms with Crippen molar-refractivity contribution < 1.29 is 27.4 Å². The summed E-state index contributed by atoms with van der Waals surface area (Å²) in [4.78, 5) is 27.3. The number of hydrogen-bond acceptors (Lipinski definition) is 6. The molecule has 0 saturated heterocycles. The summed E-state index contributed by atoms with van der Waals surface area (Å²) in [6, 6.07) is 19.6. The second-order valence-electron chi connectivity index (χ2n) is 11.1. The van der Waals surface area contributed by atoms with Gasteiger partial charge in [0.15, 0.2) is 0 Å². The molecule has 0 atom stereocenters. The van der Waals surface area contributed by atoms with Crippen LogP contribution in [0.1, 0.15) is 35.1 Å². The molecule has 45 heavy (non-hydrogen) atoms. The van der Waals surface area contributed by atoms with Crippen molar-refractivity contribution in [2.75, 3.05) is 38.3 Å². The summed E-state index contributed by atoms with van der Waals surface area (Å²) in [6.45, 7) is 5.11. The molecule has 1 aromatic heterocycles. The van der Waals surface area contributed by atoms with Gasteiger partial charge in [-0.1, -0.05) is 23.8 Å². The molecule has 0 unspecified atom stereocenters. The maximum absolute atomic E-state index is 13.8. The van der Waals surface area contributed by atoms with Gasteiger partial charge in [0.05, 0.1) is 24.4 Å². The van der Waals surface area contributed by atoms with Gasteiger partial charge in [0.25, 0.3) is 5.56 Å². The molecule has 0 fully saturated rings. The Morgan fingerprint density at radius 1 is 0.933 bits per heavy atom. The average Bonchev–Trinajstić information content (AvgIpc) is 2.97. The van der Waals surface area contributed by atoms with E-state index in [1.54, 1.807) is 48.5 Å². The summed E-state index contributed by atoms with van der Waals surface area (Å²) in [5.41, 5.74) is 6.49. The van der Waals surface area contributed by atoms with Gasteiger partial charge in [-0.05, 0) is 119 Å². The molecule has 3 N–H and O–H groups in total. The SMILES string of the molecule is Cc1ccc(Cn2c(-c3ccc(Oc4ccc(NC(=O)OCCCCN(C)C)cc4)cc3)cc(C(F)(F)F)c(N)c2=O)c(C)c1. The van der Waals surface area contributed by atoms with Crippen LogP contribution in [0.5, 0.6) is 11.5 Å². The van der Waals surface area contributed by atoms with E-state index < -0.39 is 29.1 Å². The molecule has 3 aromatic carbocycles. The minimum Gasteiger partial charge on any atom is -0.457 e. The van der Waals surface area contributed by atoms with E-state index in [1.807, 2.05) is 46.1 Å². The van der Waals surface area contributed by atoms with Crippen molar-refractivity contribution in [3.05, 3.63) is 105 Å². The molecule has 4 rings (SSSR count). The summed E-state index contributed by atoms with van der Waals surface area (Å²) in [5.74, 6) is 0.898. The number of anilines is 2. The molecule has 0 bridgehead atoms. The van der Waals surface area contributed by atoms with Crippen LogP contribution in [0, 0.1) is 13.8 Å². The van der Waals surface area contributed by atoms with E-state index in [4.69, 9.17) is 15.2 Å². The monoisotopic (exact) mass is 622 g/mol. The molecule has 1 amide bonds. The lowest BCUT2D eigenvalue weighted by Crippen LogP contribution is -2.29. The van der Waals surface area contributed by atoms with Gasteiger partial charge >= 0.3 is 12.3 Å². The van der Waals surface area contributed by atoms with Crippen LogP contribution in [0.4, 0.5) is 29.3 Å². The summed E-state index contributed by atoms with van der Waals surface area (Å²) in [7, 11) is 3.97. The lowest BCUT2D eigenvalue weighted by atomic mass is 10.0. The molecule has 0 radical (unpaired) electrons. The Bertz CT molecular complexity index is 1680. The number of rotatable bonds is 11. The van der Waals surface area contributed by atoms with Gasteiger partial charge < -0.3 is 24.7 Å². The lowest BCUT2D eigenvalue weighted by Gasteiger charge is -2.19. The second-order valence-corrected chi connectivity index (χ2v) is 11.1. The summed E-state index contributed by atoms with van der Waals surface area (Å²) >= 11 is 0. The number of nitrogen functional groups attached to an aromatic ring is 1. The molecular weight excluding hydrogens is 585 g/mol. The van der Waals surface area contributed by atoms with Crippen molar-refractivity contribution >= 4 is 17.5 Å². The quantitative estimate of drug-likeness (QED) is 0.169. The van der Waals surface area contributed by atoms with E-state index in [2.05, 4.69) is 10.2 Å². The van der Waals surface area contributed by atoms with Crippen molar-refractivity contribution in [2.45, 2.75) is 39.4 Å². The summed E-state index contributed by atoms with van der Waals surface area (Å²) < 4.78 is 53.8. The Balaban J connectivity index is 1.50. The van der Waals surface area contributed by atoms with Crippen molar-refractivity contribution in [3.8, 4) is 22.8 Å². The van der Waals surface area contributed by atoms with E-state index >= 15 is 0 Å². The number of nitrogens with zero attached hydrogens (tertiary/aromatic N) is 2. The van der Waals surface area contributed by atoms with Gasteiger partial charge in [0.1, 0.15) is 17.2 Å². The number of benzene rings is 3. The third-order valence-electron chi connectivity index (χ3n) is 7.19. The largest absolute Gasteiger partial charge is 0.457 e. The topological polar surface area (TPSA) is 98.8 Å². The first-order chi connectivity index (χ1) is 21.3. The molecule has 238 valence electrons. The zero-order valence-electron chi connectivity index (χ0n) is 25.7. The number of ether oxygens (including phenoxy) is 2. The van der Waals surface area contributed by atoms with Gasteiger partial charge in [-0.25, -0.2) is 4.79 Å². The Morgan fingerprint density at radius 3 is 2.18 bits per heavy atom. The van der Waals surface area contributed by atoms with E-state index in [9.17, 15) is 22.8 Å². The highest BCUT2D eigenvalue weighted by Gasteiger charge is 2.35. The number of nitrogens with one attached hydrogen (secondary N) is 1. The number of halogens is 3. The first-order valence-corrected chi connectivity index (χ1v) is 14.5. The molecule has 0 aliphatic heterocycles. The van der Waals surface area contributed by atoms with Crippen LogP contribution in [-0.4, -0.2) is 42.8 Å². The number of nitrogens with two attached hydrogens (primary N) is 1. The fourth-order valence-corrected chi connectivity index (χ4v) is 4.77. The molecule has 1 heterocycles. The lowest BCUT2D eigenvalue weighted by molar-refractivity contribution is -0.137. The minimum absolute atomic E-state index is 0.0469. The fourth-order valence-electron chi connectivity index (χ4n) is 4.77. The highest BCUT2D eigenvalue weighted by molar-refractivity contribution is 5.84. The first kappa shape index (κ1) is 33.1. The normalized spacial score (nSPS) is 11.5. The maximum Gasteiger partial charge on any atom is 0.418 e. The van der Waals surface area contributed by atoms with Crippen LogP contribution in [-0.2, 0) is 17.5 Å². The van der Waals surface area contributed by atoms with Crippen molar-refractivity contribution in [3.63, 3.8) is 0 Å². The first-order valence-electron chi connectivity index (χ1n) is 14.5. The zero-order valence-corrected chi connectivity index (χ0v) is 25.7. The number of aromatic nitrogens is 1. The summed E-state index contributed by atoms with van der Waals surface area (Å²) in [5, 5.41) is 2.67. The number of amides is 1. The molecule has 0 saturated carbocycles. The van der Waals surface area contributed by atoms with Gasteiger partial charge in [0.2, 0.25) is 0 Å². The predicted octanol–water partition coefficient (Wildman–Crippen LogP) is 7.46. The summed E-state index contributed by atoms with van der Waals surface area (Å²) in [6.07, 6.45) is -3.65. The molecular formula is C34H37F3N4O4. The Morgan fingerprint density at radius 2 is 1.58 bits per heavy atom.